The van der Waals surface area contributed by atoms with Crippen LogP contribution in [-0.2, 0) is 20.7 Å². The molecule has 2 atom stereocenters. The molecule has 1 aromatic carbocycles. The Morgan fingerprint density at radius 3 is 2.00 bits per heavy atom. The van der Waals surface area contributed by atoms with E-state index in [1.807, 2.05) is 44.2 Å². The van der Waals surface area contributed by atoms with E-state index in [0.29, 0.717) is 0 Å². The average Bonchev–Trinajstić information content (AvgIpc) is 2.42. The number of ether oxygens (including phenoxy) is 2. The van der Waals surface area contributed by atoms with Crippen LogP contribution in [0.4, 0.5) is 0 Å². The maximum atomic E-state index is 11.4. The van der Waals surface area contributed by atoms with E-state index in [2.05, 4.69) is 4.74 Å². The topological polar surface area (TPSA) is 55.8 Å². The van der Waals surface area contributed by atoms with Gasteiger partial charge in [-0.2, -0.15) is 0 Å². The van der Waals surface area contributed by atoms with E-state index in [9.17, 15) is 4.79 Å². The molecule has 0 spiro atoms. The van der Waals surface area contributed by atoms with E-state index in [1.165, 1.54) is 0 Å². The lowest BCUT2D eigenvalue weighted by Gasteiger charge is -2.15. The molecule has 20 heavy (non-hydrogen) atoms. The molecule has 0 fully saturated rings. The van der Waals surface area contributed by atoms with Crippen LogP contribution in [0.5, 0.6) is 0 Å². The van der Waals surface area contributed by atoms with Crippen LogP contribution in [0.3, 0.4) is 0 Å². The van der Waals surface area contributed by atoms with Gasteiger partial charge in [0.15, 0.2) is 0 Å². The molecule has 4 heteroatoms. The summed E-state index contributed by atoms with van der Waals surface area (Å²) in [6.45, 7) is 7.27. The zero-order valence-corrected chi connectivity index (χ0v) is 13.4. The smallest absolute Gasteiger partial charge is 0.310 e. The van der Waals surface area contributed by atoms with Crippen molar-refractivity contribution in [1.82, 2.24) is 0 Å². The number of carbonyl (C=O) groups is 1. The molecule has 1 aromatic rings. The summed E-state index contributed by atoms with van der Waals surface area (Å²) < 4.78 is 9.28. The Morgan fingerprint density at radius 1 is 1.15 bits per heavy atom. The largest absolute Gasteiger partial charge is 0.460 e. The molecule has 1 N–H and O–H groups in total. The number of carbonyl (C=O) groups excluding carboxylic acids is 1. The van der Waals surface area contributed by atoms with Gasteiger partial charge in [-0.3, -0.25) is 4.79 Å². The van der Waals surface area contributed by atoms with Crippen molar-refractivity contribution in [2.45, 2.75) is 46.3 Å². The molecule has 0 heterocycles. The van der Waals surface area contributed by atoms with Crippen molar-refractivity contribution < 1.29 is 19.4 Å². The van der Waals surface area contributed by atoms with Crippen molar-refractivity contribution >= 4 is 5.97 Å². The second-order valence-electron chi connectivity index (χ2n) is 4.01. The van der Waals surface area contributed by atoms with E-state index in [4.69, 9.17) is 9.84 Å². The van der Waals surface area contributed by atoms with Gasteiger partial charge in [-0.15, -0.1) is 0 Å². The Hall–Kier alpha value is -1.39. The molecular weight excluding hydrogens is 256 g/mol. The first-order chi connectivity index (χ1) is 9.51. The third-order valence-corrected chi connectivity index (χ3v) is 2.19. The first-order valence-corrected chi connectivity index (χ1v) is 6.82. The van der Waals surface area contributed by atoms with E-state index < -0.39 is 12.2 Å². The Labute approximate surface area is 122 Å². The Balaban J connectivity index is 0. The van der Waals surface area contributed by atoms with Gasteiger partial charge in [0.25, 0.3) is 0 Å². The first-order valence-electron chi connectivity index (χ1n) is 6.82. The molecule has 0 radical (unpaired) electrons. The molecule has 2 unspecified atom stereocenters. The van der Waals surface area contributed by atoms with Gasteiger partial charge in [-0.25, -0.2) is 0 Å². The minimum absolute atomic E-state index is 0.248. The molecule has 0 amide bonds. The lowest BCUT2D eigenvalue weighted by molar-refractivity contribution is -0.152. The molecule has 4 nitrogen and oxygen atoms in total. The lowest BCUT2D eigenvalue weighted by Crippen LogP contribution is -2.26. The minimum Gasteiger partial charge on any atom is -0.460 e. The molecule has 0 aliphatic carbocycles. The fourth-order valence-electron chi connectivity index (χ4n) is 1.11. The van der Waals surface area contributed by atoms with Gasteiger partial charge in [-0.1, -0.05) is 44.2 Å². The summed E-state index contributed by atoms with van der Waals surface area (Å²) in [4.78, 5) is 11.4. The molecule has 116 valence electrons. The van der Waals surface area contributed by atoms with Crippen LogP contribution in [0.25, 0.3) is 0 Å². The van der Waals surface area contributed by atoms with Gasteiger partial charge in [0.05, 0.1) is 12.5 Å². The molecule has 0 saturated heterocycles. The van der Waals surface area contributed by atoms with Crippen LogP contribution in [0.15, 0.2) is 30.3 Å². The quantitative estimate of drug-likeness (QED) is 0.864. The highest BCUT2D eigenvalue weighted by Gasteiger charge is 2.14. The highest BCUT2D eigenvalue weighted by molar-refractivity contribution is 5.72. The normalized spacial score (nSPS) is 11.9. The zero-order valence-electron chi connectivity index (χ0n) is 13.4. The molecule has 0 aromatic heterocycles. The van der Waals surface area contributed by atoms with Crippen molar-refractivity contribution in [3.63, 3.8) is 0 Å². The number of rotatable bonds is 4. The summed E-state index contributed by atoms with van der Waals surface area (Å²) in [5.41, 5.74) is 0.917. The number of methoxy groups -OCH3 is 1. The third kappa shape index (κ3) is 11.7. The fraction of sp³-hybridized carbons (Fsp3) is 0.562. The molecule has 0 aliphatic heterocycles. The summed E-state index contributed by atoms with van der Waals surface area (Å²) in [6, 6.07) is 9.39. The Morgan fingerprint density at radius 2 is 1.60 bits per heavy atom. The lowest BCUT2D eigenvalue weighted by atomic mass is 10.1. The van der Waals surface area contributed by atoms with E-state index in [0.717, 1.165) is 5.56 Å². The summed E-state index contributed by atoms with van der Waals surface area (Å²) in [5.74, 6) is -0.311. The third-order valence-electron chi connectivity index (χ3n) is 2.19. The second kappa shape index (κ2) is 14.0. The molecule has 1 rings (SSSR count). The summed E-state index contributed by atoms with van der Waals surface area (Å²) in [6.07, 6.45) is -0.844. The van der Waals surface area contributed by atoms with Crippen LogP contribution in [0.2, 0.25) is 0 Å². The predicted octanol–water partition coefficient (Wildman–Crippen LogP) is 2.83. The van der Waals surface area contributed by atoms with Gasteiger partial charge in [0, 0.05) is 14.2 Å². The minimum atomic E-state index is -0.635. The number of aliphatic hydroxyl groups is 1. The fourth-order valence-corrected chi connectivity index (χ4v) is 1.11. The van der Waals surface area contributed by atoms with Crippen LogP contribution >= 0.6 is 0 Å². The van der Waals surface area contributed by atoms with Crippen LogP contribution in [-0.4, -0.2) is 37.5 Å². The molecule has 0 aliphatic rings. The van der Waals surface area contributed by atoms with Gasteiger partial charge < -0.3 is 14.6 Å². The number of esters is 1. The monoisotopic (exact) mass is 284 g/mol. The highest BCUT2D eigenvalue weighted by Crippen LogP contribution is 2.04. The highest BCUT2D eigenvalue weighted by atomic mass is 16.6. The molecule has 0 saturated carbocycles. The average molecular weight is 284 g/mol. The SMILES string of the molecule is CC.CC(O)C(C)OC(=O)Cc1ccccc1.COC. The van der Waals surface area contributed by atoms with Gasteiger partial charge in [0.2, 0.25) is 0 Å². The van der Waals surface area contributed by atoms with E-state index >= 15 is 0 Å². The van der Waals surface area contributed by atoms with Gasteiger partial charge in [-0.05, 0) is 19.4 Å². The first kappa shape index (κ1) is 20.9. The van der Waals surface area contributed by atoms with Gasteiger partial charge in [0.1, 0.15) is 6.10 Å². The van der Waals surface area contributed by atoms with E-state index in [1.54, 1.807) is 28.1 Å². The summed E-state index contributed by atoms with van der Waals surface area (Å²) >= 11 is 0. The van der Waals surface area contributed by atoms with Crippen molar-refractivity contribution in [2.75, 3.05) is 14.2 Å². The number of hydrogen-bond donors (Lipinski definition) is 1. The summed E-state index contributed by atoms with van der Waals surface area (Å²) in [5, 5.41) is 9.16. The maximum Gasteiger partial charge on any atom is 0.310 e. The summed E-state index contributed by atoms with van der Waals surface area (Å²) in [7, 11) is 3.25. The number of benzene rings is 1. The Bertz CT molecular complexity index is 323. The van der Waals surface area contributed by atoms with Crippen molar-refractivity contribution in [2.24, 2.45) is 0 Å². The molecular formula is C16H28O4. The molecule has 0 bridgehead atoms. The standard InChI is InChI=1S/C12H16O3.C2H6O.C2H6/c1-9(13)10(2)15-12(14)8-11-6-4-3-5-7-11;1-3-2;1-2/h3-7,9-10,13H,8H2,1-2H3;1-2H3;1-2H3. The van der Waals surface area contributed by atoms with Gasteiger partial charge >= 0.3 is 5.97 Å². The van der Waals surface area contributed by atoms with Crippen LogP contribution in [0.1, 0.15) is 33.3 Å². The zero-order chi connectivity index (χ0) is 16.0. The van der Waals surface area contributed by atoms with Crippen LogP contribution in [0, 0.1) is 0 Å². The van der Waals surface area contributed by atoms with E-state index in [-0.39, 0.29) is 12.4 Å². The Kier molecular flexibility index (Phi) is 14.7. The second-order valence-corrected chi connectivity index (χ2v) is 4.01. The number of aliphatic hydroxyl groups excluding tert-OH is 1. The van der Waals surface area contributed by atoms with Crippen molar-refractivity contribution in [3.8, 4) is 0 Å². The van der Waals surface area contributed by atoms with Crippen molar-refractivity contribution in [1.29, 1.82) is 0 Å². The maximum absolute atomic E-state index is 11.4. The predicted molar refractivity (Wildman–Crippen MR) is 81.7 cm³/mol. The van der Waals surface area contributed by atoms with Crippen LogP contribution < -0.4 is 0 Å². The van der Waals surface area contributed by atoms with Crippen molar-refractivity contribution in [3.05, 3.63) is 35.9 Å². The number of hydrogen-bond acceptors (Lipinski definition) is 4.